The second-order valence-electron chi connectivity index (χ2n) is 6.04. The number of nitrogens with one attached hydrogen (secondary N) is 1. The van der Waals surface area contributed by atoms with E-state index in [4.69, 9.17) is 9.47 Å². The standard InChI is InChI=1S/C18H17N3O4S/c1-3-6-26-18-20-17(23)15-11(8-14(22)19-16(15)21(18)2)10-4-5-12-13(7-10)25-9-24-12/h3-5,7,11H,1,6,8-9H2,2H3,(H,19,22)/t11-/m0/s1. The number of carbonyl (C=O) groups excluding carboxylic acids is 1. The number of hydrogen-bond acceptors (Lipinski definition) is 6. The predicted molar refractivity (Wildman–Crippen MR) is 98.1 cm³/mol. The number of rotatable bonds is 4. The normalized spacial score (nSPS) is 17.6. The highest BCUT2D eigenvalue weighted by Crippen LogP contribution is 2.40. The van der Waals surface area contributed by atoms with E-state index in [0.29, 0.717) is 33.8 Å². The van der Waals surface area contributed by atoms with Gasteiger partial charge < -0.3 is 19.4 Å². The minimum Gasteiger partial charge on any atom is -0.454 e. The summed E-state index contributed by atoms with van der Waals surface area (Å²) >= 11 is 1.39. The Balaban J connectivity index is 1.83. The van der Waals surface area contributed by atoms with E-state index < -0.39 is 0 Å². The molecule has 134 valence electrons. The van der Waals surface area contributed by atoms with Gasteiger partial charge in [0.15, 0.2) is 16.7 Å². The van der Waals surface area contributed by atoms with Crippen LogP contribution in [-0.2, 0) is 11.8 Å². The van der Waals surface area contributed by atoms with Crippen LogP contribution in [0.1, 0.15) is 23.5 Å². The highest BCUT2D eigenvalue weighted by atomic mass is 32.2. The number of aromatic nitrogens is 2. The predicted octanol–water partition coefficient (Wildman–Crippen LogP) is 2.26. The Kier molecular flexibility index (Phi) is 4.20. The molecule has 0 saturated carbocycles. The average molecular weight is 371 g/mol. The van der Waals surface area contributed by atoms with Gasteiger partial charge in [-0.15, -0.1) is 6.58 Å². The van der Waals surface area contributed by atoms with Crippen LogP contribution in [0.15, 0.2) is 40.8 Å². The van der Waals surface area contributed by atoms with Crippen LogP contribution in [-0.4, -0.2) is 28.0 Å². The highest BCUT2D eigenvalue weighted by molar-refractivity contribution is 7.99. The zero-order chi connectivity index (χ0) is 18.3. The number of anilines is 1. The molecule has 2 aliphatic rings. The first kappa shape index (κ1) is 16.7. The van der Waals surface area contributed by atoms with Crippen molar-refractivity contribution >= 4 is 23.5 Å². The third kappa shape index (κ3) is 2.76. The lowest BCUT2D eigenvalue weighted by Gasteiger charge is -2.27. The summed E-state index contributed by atoms with van der Waals surface area (Å²) in [5, 5.41) is 3.37. The third-order valence-electron chi connectivity index (χ3n) is 4.43. The lowest BCUT2D eigenvalue weighted by atomic mass is 9.86. The SMILES string of the molecule is C=CCSc1nc(=O)c2c(n1C)NC(=O)C[C@H]2c1ccc2c(c1)OCO2. The Morgan fingerprint density at radius 1 is 1.38 bits per heavy atom. The molecule has 26 heavy (non-hydrogen) atoms. The fraction of sp³-hybridized carbons (Fsp3) is 0.278. The molecule has 3 heterocycles. The van der Waals surface area contributed by atoms with Crippen molar-refractivity contribution in [2.45, 2.75) is 17.5 Å². The summed E-state index contributed by atoms with van der Waals surface area (Å²) in [6.07, 6.45) is 1.92. The van der Waals surface area contributed by atoms with Gasteiger partial charge in [-0.1, -0.05) is 23.9 Å². The molecule has 1 amide bonds. The summed E-state index contributed by atoms with van der Waals surface area (Å²) in [5.74, 6) is 1.89. The first-order chi connectivity index (χ1) is 12.6. The van der Waals surface area contributed by atoms with Crippen molar-refractivity contribution in [1.29, 1.82) is 0 Å². The van der Waals surface area contributed by atoms with E-state index in [1.54, 1.807) is 23.8 Å². The minimum absolute atomic E-state index is 0.138. The molecule has 0 fully saturated rings. The molecule has 4 rings (SSSR count). The number of carbonyl (C=O) groups is 1. The highest BCUT2D eigenvalue weighted by Gasteiger charge is 2.33. The van der Waals surface area contributed by atoms with E-state index >= 15 is 0 Å². The monoisotopic (exact) mass is 371 g/mol. The van der Waals surface area contributed by atoms with Crippen LogP contribution in [0.2, 0.25) is 0 Å². The average Bonchev–Trinajstić information content (AvgIpc) is 3.10. The molecule has 8 heteroatoms. The van der Waals surface area contributed by atoms with E-state index in [9.17, 15) is 9.59 Å². The van der Waals surface area contributed by atoms with Crippen molar-refractivity contribution in [2.24, 2.45) is 7.05 Å². The van der Waals surface area contributed by atoms with Gasteiger partial charge >= 0.3 is 0 Å². The van der Waals surface area contributed by atoms with Crippen molar-refractivity contribution in [3.05, 3.63) is 52.3 Å². The Bertz CT molecular complexity index is 970. The third-order valence-corrected chi connectivity index (χ3v) is 5.46. The van der Waals surface area contributed by atoms with Gasteiger partial charge in [0.2, 0.25) is 12.7 Å². The molecule has 0 bridgehead atoms. The molecule has 1 aromatic heterocycles. The molecule has 0 radical (unpaired) electrons. The number of amides is 1. The molecule has 2 aromatic rings. The van der Waals surface area contributed by atoms with Crippen LogP contribution in [0.5, 0.6) is 11.5 Å². The van der Waals surface area contributed by atoms with Crippen molar-refractivity contribution in [3.63, 3.8) is 0 Å². The number of benzene rings is 1. The van der Waals surface area contributed by atoms with Crippen LogP contribution >= 0.6 is 11.8 Å². The summed E-state index contributed by atoms with van der Waals surface area (Å²) in [6.45, 7) is 3.85. The Hall–Kier alpha value is -2.74. The van der Waals surface area contributed by atoms with Crippen molar-refractivity contribution in [2.75, 3.05) is 17.9 Å². The van der Waals surface area contributed by atoms with Crippen LogP contribution in [0.25, 0.3) is 0 Å². The van der Waals surface area contributed by atoms with E-state index in [-0.39, 0.29) is 30.6 Å². The molecule has 0 unspecified atom stereocenters. The summed E-state index contributed by atoms with van der Waals surface area (Å²) in [6, 6.07) is 5.49. The van der Waals surface area contributed by atoms with Crippen molar-refractivity contribution in [1.82, 2.24) is 9.55 Å². The number of nitrogens with zero attached hydrogens (tertiary/aromatic N) is 2. The Labute approximate surface area is 154 Å². The summed E-state index contributed by atoms with van der Waals surface area (Å²) in [4.78, 5) is 29.3. The van der Waals surface area contributed by atoms with E-state index in [1.807, 2.05) is 12.1 Å². The quantitative estimate of drug-likeness (QED) is 0.504. The van der Waals surface area contributed by atoms with Crippen molar-refractivity contribution < 1.29 is 14.3 Å². The number of fused-ring (bicyclic) bond motifs is 2. The summed E-state index contributed by atoms with van der Waals surface area (Å²) in [7, 11) is 1.79. The van der Waals surface area contributed by atoms with Gasteiger partial charge in [-0.25, -0.2) is 0 Å². The van der Waals surface area contributed by atoms with Crippen LogP contribution in [0.3, 0.4) is 0 Å². The number of thioether (sulfide) groups is 1. The smallest absolute Gasteiger partial charge is 0.279 e. The van der Waals surface area contributed by atoms with E-state index in [2.05, 4.69) is 16.9 Å². The Morgan fingerprint density at radius 2 is 2.19 bits per heavy atom. The zero-order valence-electron chi connectivity index (χ0n) is 14.2. The van der Waals surface area contributed by atoms with E-state index in [1.165, 1.54) is 11.8 Å². The second-order valence-corrected chi connectivity index (χ2v) is 7.03. The topological polar surface area (TPSA) is 82.5 Å². The molecule has 2 aliphatic heterocycles. The molecule has 1 N–H and O–H groups in total. The lowest BCUT2D eigenvalue weighted by molar-refractivity contribution is -0.116. The molecular formula is C18H17N3O4S. The first-order valence-corrected chi connectivity index (χ1v) is 9.11. The van der Waals surface area contributed by atoms with Gasteiger partial charge in [0.25, 0.3) is 5.56 Å². The second kappa shape index (κ2) is 6.53. The van der Waals surface area contributed by atoms with Gasteiger partial charge in [-0.3, -0.25) is 9.59 Å². The van der Waals surface area contributed by atoms with E-state index in [0.717, 1.165) is 5.56 Å². The molecular weight excluding hydrogens is 354 g/mol. The molecule has 0 aliphatic carbocycles. The largest absolute Gasteiger partial charge is 0.454 e. The minimum atomic E-state index is -0.377. The number of ether oxygens (including phenoxy) is 2. The molecule has 1 atom stereocenters. The molecule has 0 spiro atoms. The fourth-order valence-electron chi connectivity index (χ4n) is 3.21. The Morgan fingerprint density at radius 3 is 3.00 bits per heavy atom. The maximum absolute atomic E-state index is 12.8. The van der Waals surface area contributed by atoms with Gasteiger partial charge in [0.05, 0.1) is 5.56 Å². The molecule has 0 saturated heterocycles. The van der Waals surface area contributed by atoms with Gasteiger partial charge in [0, 0.05) is 25.1 Å². The van der Waals surface area contributed by atoms with Crippen LogP contribution in [0.4, 0.5) is 5.82 Å². The summed E-state index contributed by atoms with van der Waals surface area (Å²) in [5.41, 5.74) is 0.997. The van der Waals surface area contributed by atoms with Gasteiger partial charge in [-0.05, 0) is 17.7 Å². The van der Waals surface area contributed by atoms with Gasteiger partial charge in [0.1, 0.15) is 5.82 Å². The fourth-order valence-corrected chi connectivity index (χ4v) is 3.91. The summed E-state index contributed by atoms with van der Waals surface area (Å²) < 4.78 is 12.5. The number of hydrogen-bond donors (Lipinski definition) is 1. The lowest BCUT2D eigenvalue weighted by Crippen LogP contribution is -2.33. The van der Waals surface area contributed by atoms with Crippen LogP contribution < -0.4 is 20.3 Å². The first-order valence-electron chi connectivity index (χ1n) is 8.12. The zero-order valence-corrected chi connectivity index (χ0v) is 15.0. The van der Waals surface area contributed by atoms with Crippen molar-refractivity contribution in [3.8, 4) is 11.5 Å². The molecule has 1 aromatic carbocycles. The van der Waals surface area contributed by atoms with Gasteiger partial charge in [-0.2, -0.15) is 4.98 Å². The molecule has 7 nitrogen and oxygen atoms in total. The maximum Gasteiger partial charge on any atom is 0.279 e. The van der Waals surface area contributed by atoms with Crippen LogP contribution in [0, 0.1) is 0 Å². The maximum atomic E-state index is 12.8.